The molecule has 0 saturated carbocycles. The maximum atomic E-state index is 14.7. The van der Waals surface area contributed by atoms with Gasteiger partial charge >= 0.3 is 6.18 Å². The number of carbonyl (C=O) groups is 1. The van der Waals surface area contributed by atoms with E-state index in [2.05, 4.69) is 0 Å². The molecular weight excluding hydrogens is 488 g/mol. The normalized spacial score (nSPS) is 16.6. The van der Waals surface area contributed by atoms with Crippen molar-refractivity contribution in [3.05, 3.63) is 94.3 Å². The first kappa shape index (κ1) is 26.5. The highest BCUT2D eigenvalue weighted by Gasteiger charge is 2.38. The van der Waals surface area contributed by atoms with Gasteiger partial charge in [-0.05, 0) is 60.2 Å². The average Bonchev–Trinajstić information content (AvgIpc) is 2.87. The van der Waals surface area contributed by atoms with Crippen molar-refractivity contribution < 1.29 is 31.8 Å². The molecule has 3 aromatic carbocycles. The van der Waals surface area contributed by atoms with Gasteiger partial charge in [-0.1, -0.05) is 36.4 Å². The number of alkyl halides is 3. The van der Waals surface area contributed by atoms with Crippen LogP contribution in [0.2, 0.25) is 0 Å². The van der Waals surface area contributed by atoms with Gasteiger partial charge in [0.25, 0.3) is 0 Å². The van der Waals surface area contributed by atoms with E-state index in [4.69, 9.17) is 15.2 Å². The predicted molar refractivity (Wildman–Crippen MR) is 131 cm³/mol. The van der Waals surface area contributed by atoms with Crippen molar-refractivity contribution in [3.63, 3.8) is 0 Å². The van der Waals surface area contributed by atoms with Gasteiger partial charge in [-0.25, -0.2) is 4.39 Å². The molecule has 0 spiro atoms. The van der Waals surface area contributed by atoms with Crippen LogP contribution in [0.15, 0.2) is 60.7 Å². The van der Waals surface area contributed by atoms with Crippen molar-refractivity contribution in [2.75, 3.05) is 20.8 Å². The second-order valence-corrected chi connectivity index (χ2v) is 8.93. The fraction of sp³-hybridized carbons (Fsp3) is 0.321. The summed E-state index contributed by atoms with van der Waals surface area (Å²) >= 11 is 0. The van der Waals surface area contributed by atoms with E-state index in [0.29, 0.717) is 30.0 Å². The van der Waals surface area contributed by atoms with Gasteiger partial charge in [-0.3, -0.25) is 9.69 Å². The summed E-state index contributed by atoms with van der Waals surface area (Å²) in [5.74, 6) is -0.525. The monoisotopic (exact) mass is 516 g/mol. The molecule has 0 aliphatic carbocycles. The standard InChI is InChI=1S/C28H28F4N2O3/c1-36-24-15-18-13-14-34(26(27(33)35)17-7-4-3-5-8-17)23(20(18)16-25(24)37-2)12-11-19-21(28(30,31)32)9-6-10-22(19)29/h3-10,15-16,23,26H,11-14H2,1-2H3,(H2,33,35). The van der Waals surface area contributed by atoms with Gasteiger partial charge in [-0.15, -0.1) is 0 Å². The number of benzene rings is 3. The summed E-state index contributed by atoms with van der Waals surface area (Å²) in [5, 5.41) is 0. The van der Waals surface area contributed by atoms with Crippen molar-refractivity contribution in [3.8, 4) is 11.5 Å². The Morgan fingerprint density at radius 1 is 1.05 bits per heavy atom. The molecule has 9 heteroatoms. The lowest BCUT2D eigenvalue weighted by molar-refractivity contribution is -0.138. The Balaban J connectivity index is 1.81. The van der Waals surface area contributed by atoms with Crippen LogP contribution in [0.5, 0.6) is 11.5 Å². The molecule has 3 aromatic rings. The van der Waals surface area contributed by atoms with E-state index in [-0.39, 0.29) is 12.8 Å². The maximum Gasteiger partial charge on any atom is 0.416 e. The van der Waals surface area contributed by atoms with E-state index >= 15 is 0 Å². The van der Waals surface area contributed by atoms with Crippen molar-refractivity contribution in [2.45, 2.75) is 37.5 Å². The number of rotatable bonds is 8. The molecular formula is C28H28F4N2O3. The lowest BCUT2D eigenvalue weighted by Crippen LogP contribution is -2.44. The molecule has 4 rings (SSSR count). The number of hydrogen-bond donors (Lipinski definition) is 1. The van der Waals surface area contributed by atoms with E-state index in [9.17, 15) is 22.4 Å². The van der Waals surface area contributed by atoms with E-state index < -0.39 is 41.1 Å². The Morgan fingerprint density at radius 2 is 1.73 bits per heavy atom. The van der Waals surface area contributed by atoms with Crippen molar-refractivity contribution in [1.82, 2.24) is 4.90 Å². The second kappa shape index (κ2) is 10.8. The zero-order valence-corrected chi connectivity index (χ0v) is 20.5. The van der Waals surface area contributed by atoms with Crippen LogP contribution in [-0.2, 0) is 23.8 Å². The molecule has 5 nitrogen and oxygen atoms in total. The third kappa shape index (κ3) is 5.41. The largest absolute Gasteiger partial charge is 0.493 e. The van der Waals surface area contributed by atoms with Crippen LogP contribution in [0.1, 0.15) is 46.3 Å². The molecule has 1 amide bonds. The number of methoxy groups -OCH3 is 2. The van der Waals surface area contributed by atoms with Crippen LogP contribution in [0.3, 0.4) is 0 Å². The van der Waals surface area contributed by atoms with Gasteiger partial charge in [0.1, 0.15) is 11.9 Å². The molecule has 0 radical (unpaired) electrons. The Hall–Kier alpha value is -3.59. The Bertz CT molecular complexity index is 1260. The van der Waals surface area contributed by atoms with Crippen molar-refractivity contribution >= 4 is 5.91 Å². The van der Waals surface area contributed by atoms with Gasteiger partial charge in [0, 0.05) is 18.2 Å². The topological polar surface area (TPSA) is 64.8 Å². The van der Waals surface area contributed by atoms with E-state index in [1.165, 1.54) is 14.2 Å². The molecule has 196 valence electrons. The summed E-state index contributed by atoms with van der Waals surface area (Å²) in [5.41, 5.74) is 6.82. The fourth-order valence-electron chi connectivity index (χ4n) is 5.19. The van der Waals surface area contributed by atoms with Crippen LogP contribution >= 0.6 is 0 Å². The number of amides is 1. The quantitative estimate of drug-likeness (QED) is 0.395. The van der Waals surface area contributed by atoms with E-state index in [0.717, 1.165) is 29.3 Å². The Labute approximate surface area is 212 Å². The number of nitrogens with zero attached hydrogens (tertiary/aromatic N) is 1. The van der Waals surface area contributed by atoms with Gasteiger partial charge in [-0.2, -0.15) is 13.2 Å². The van der Waals surface area contributed by atoms with E-state index in [1.54, 1.807) is 30.3 Å². The van der Waals surface area contributed by atoms with Gasteiger partial charge in [0.05, 0.1) is 19.8 Å². The smallest absolute Gasteiger partial charge is 0.416 e. The molecule has 2 atom stereocenters. The molecule has 2 unspecified atom stereocenters. The summed E-state index contributed by atoms with van der Waals surface area (Å²) in [6.07, 6.45) is -4.23. The molecule has 2 N–H and O–H groups in total. The fourth-order valence-corrected chi connectivity index (χ4v) is 5.19. The minimum absolute atomic E-state index is 0.114. The molecule has 0 fully saturated rings. The Morgan fingerprint density at radius 3 is 2.35 bits per heavy atom. The third-order valence-corrected chi connectivity index (χ3v) is 6.85. The maximum absolute atomic E-state index is 14.7. The zero-order chi connectivity index (χ0) is 26.7. The first-order valence-electron chi connectivity index (χ1n) is 11.8. The lowest BCUT2D eigenvalue weighted by atomic mass is 9.85. The number of nitrogens with two attached hydrogens (primary N) is 1. The summed E-state index contributed by atoms with van der Waals surface area (Å²) in [6.45, 7) is 0.416. The van der Waals surface area contributed by atoms with Gasteiger partial charge in [0.15, 0.2) is 11.5 Å². The number of hydrogen-bond acceptors (Lipinski definition) is 4. The van der Waals surface area contributed by atoms with Crippen molar-refractivity contribution in [1.29, 1.82) is 0 Å². The number of primary amides is 1. The highest BCUT2D eigenvalue weighted by molar-refractivity contribution is 5.81. The summed E-state index contributed by atoms with van der Waals surface area (Å²) in [7, 11) is 3.01. The van der Waals surface area contributed by atoms with Crippen LogP contribution < -0.4 is 15.2 Å². The summed E-state index contributed by atoms with van der Waals surface area (Å²) in [6, 6.07) is 14.2. The molecule has 0 aromatic heterocycles. The molecule has 1 heterocycles. The molecule has 1 aliphatic rings. The first-order chi connectivity index (χ1) is 17.7. The first-order valence-corrected chi connectivity index (χ1v) is 11.8. The summed E-state index contributed by atoms with van der Waals surface area (Å²) in [4.78, 5) is 14.6. The number of ether oxygens (including phenoxy) is 2. The van der Waals surface area contributed by atoms with Gasteiger partial charge < -0.3 is 15.2 Å². The van der Waals surface area contributed by atoms with Crippen LogP contribution in [-0.4, -0.2) is 31.6 Å². The second-order valence-electron chi connectivity index (χ2n) is 8.93. The number of halogens is 4. The summed E-state index contributed by atoms with van der Waals surface area (Å²) < 4.78 is 66.6. The Kier molecular flexibility index (Phi) is 7.73. The molecule has 0 saturated heterocycles. The van der Waals surface area contributed by atoms with Gasteiger partial charge in [0.2, 0.25) is 5.91 Å². The number of carbonyl (C=O) groups excluding carboxylic acids is 1. The SMILES string of the molecule is COc1cc2c(cc1OC)C(CCc1c(F)cccc1C(F)(F)F)N(C(C(N)=O)c1ccccc1)CC2. The highest BCUT2D eigenvalue weighted by atomic mass is 19.4. The van der Waals surface area contributed by atoms with Crippen LogP contribution in [0, 0.1) is 5.82 Å². The minimum atomic E-state index is -4.70. The van der Waals surface area contributed by atoms with Crippen LogP contribution in [0.4, 0.5) is 17.6 Å². The highest BCUT2D eigenvalue weighted by Crippen LogP contribution is 2.44. The zero-order valence-electron chi connectivity index (χ0n) is 20.5. The molecule has 1 aliphatic heterocycles. The molecule has 0 bridgehead atoms. The predicted octanol–water partition coefficient (Wildman–Crippen LogP) is 5.62. The average molecular weight is 517 g/mol. The molecule has 37 heavy (non-hydrogen) atoms. The third-order valence-electron chi connectivity index (χ3n) is 6.85. The number of fused-ring (bicyclic) bond motifs is 1. The van der Waals surface area contributed by atoms with E-state index in [1.807, 2.05) is 17.0 Å². The van der Waals surface area contributed by atoms with Crippen LogP contribution in [0.25, 0.3) is 0 Å². The van der Waals surface area contributed by atoms with Crippen molar-refractivity contribution in [2.24, 2.45) is 5.73 Å². The minimum Gasteiger partial charge on any atom is -0.493 e. The lowest BCUT2D eigenvalue weighted by Gasteiger charge is -2.42.